The number of hydrogen-bond acceptors (Lipinski definition) is 7. The Morgan fingerprint density at radius 2 is 1.79 bits per heavy atom. The SMILES string of the molecule is O=C(CSc1nccnc1N1CCC(Cc2ccccc2)CC1)NCc1ccc2c(c1)OCO2. The van der Waals surface area contributed by atoms with Gasteiger partial charge in [-0.1, -0.05) is 48.2 Å². The summed E-state index contributed by atoms with van der Waals surface area (Å²) in [7, 11) is 0. The van der Waals surface area contributed by atoms with Crippen LogP contribution in [0.5, 0.6) is 11.5 Å². The zero-order valence-electron chi connectivity index (χ0n) is 19.0. The second-order valence-electron chi connectivity index (χ2n) is 8.56. The Kier molecular flexibility index (Phi) is 7.14. The summed E-state index contributed by atoms with van der Waals surface area (Å²) >= 11 is 1.44. The third-order valence-electron chi connectivity index (χ3n) is 6.19. The standard InChI is InChI=1S/C26H28N4O3S/c31-24(29-16-21-6-7-22-23(15-21)33-18-32-22)17-34-26-25(27-10-11-28-26)30-12-8-20(9-13-30)14-19-4-2-1-3-5-19/h1-7,10-11,15,20H,8-9,12-14,16-18H2,(H,29,31). The lowest BCUT2D eigenvalue weighted by Crippen LogP contribution is -2.35. The van der Waals surface area contributed by atoms with Crippen LogP contribution < -0.4 is 19.7 Å². The highest BCUT2D eigenvalue weighted by molar-refractivity contribution is 8.00. The van der Waals surface area contributed by atoms with Gasteiger partial charge in [0.15, 0.2) is 17.3 Å². The number of carbonyl (C=O) groups excluding carboxylic acids is 1. The van der Waals surface area contributed by atoms with E-state index in [1.807, 2.05) is 18.2 Å². The number of nitrogens with one attached hydrogen (secondary N) is 1. The highest BCUT2D eigenvalue weighted by atomic mass is 32.2. The number of anilines is 1. The molecule has 1 saturated heterocycles. The minimum atomic E-state index is -0.0409. The van der Waals surface area contributed by atoms with Gasteiger partial charge in [-0.05, 0) is 48.4 Å². The number of rotatable bonds is 8. The quantitative estimate of drug-likeness (QED) is 0.491. The van der Waals surface area contributed by atoms with E-state index in [2.05, 4.69) is 50.5 Å². The van der Waals surface area contributed by atoms with Crippen molar-refractivity contribution in [2.45, 2.75) is 30.8 Å². The van der Waals surface area contributed by atoms with Crippen LogP contribution in [0.1, 0.15) is 24.0 Å². The van der Waals surface area contributed by atoms with E-state index >= 15 is 0 Å². The van der Waals surface area contributed by atoms with Crippen molar-refractivity contribution in [1.29, 1.82) is 0 Å². The van der Waals surface area contributed by atoms with E-state index < -0.39 is 0 Å². The molecule has 0 bridgehead atoms. The molecule has 8 heteroatoms. The summed E-state index contributed by atoms with van der Waals surface area (Å²) in [5.41, 5.74) is 2.38. The minimum Gasteiger partial charge on any atom is -0.454 e. The van der Waals surface area contributed by atoms with Gasteiger partial charge in [0.05, 0.1) is 5.75 Å². The zero-order valence-corrected chi connectivity index (χ0v) is 19.8. The third-order valence-corrected chi connectivity index (χ3v) is 7.16. The van der Waals surface area contributed by atoms with Crippen molar-refractivity contribution in [3.63, 3.8) is 0 Å². The van der Waals surface area contributed by atoms with Crippen LogP contribution in [-0.2, 0) is 17.8 Å². The van der Waals surface area contributed by atoms with Crippen LogP contribution in [0.25, 0.3) is 0 Å². The summed E-state index contributed by atoms with van der Waals surface area (Å²) in [4.78, 5) is 23.9. The lowest BCUT2D eigenvalue weighted by Gasteiger charge is -2.33. The minimum absolute atomic E-state index is 0.0409. The maximum absolute atomic E-state index is 12.5. The van der Waals surface area contributed by atoms with E-state index in [1.165, 1.54) is 17.3 Å². The molecule has 2 aliphatic heterocycles. The van der Waals surface area contributed by atoms with Gasteiger partial charge in [0.1, 0.15) is 5.03 Å². The normalized spacial score (nSPS) is 15.4. The molecule has 2 aromatic carbocycles. The Hall–Kier alpha value is -3.26. The molecule has 1 fully saturated rings. The number of piperidine rings is 1. The maximum Gasteiger partial charge on any atom is 0.231 e. The Morgan fingerprint density at radius 1 is 1.00 bits per heavy atom. The van der Waals surface area contributed by atoms with Gasteiger partial charge in [-0.3, -0.25) is 4.79 Å². The maximum atomic E-state index is 12.5. The second kappa shape index (κ2) is 10.8. The molecule has 34 heavy (non-hydrogen) atoms. The fourth-order valence-corrected chi connectivity index (χ4v) is 5.19. The lowest BCUT2D eigenvalue weighted by atomic mass is 9.90. The third kappa shape index (κ3) is 5.62. The largest absolute Gasteiger partial charge is 0.454 e. The number of thioether (sulfide) groups is 1. The summed E-state index contributed by atoms with van der Waals surface area (Å²) in [5.74, 6) is 3.28. The molecule has 0 atom stereocenters. The van der Waals surface area contributed by atoms with Gasteiger partial charge in [-0.2, -0.15) is 0 Å². The van der Waals surface area contributed by atoms with Crippen molar-refractivity contribution in [3.8, 4) is 11.5 Å². The Balaban J connectivity index is 1.11. The molecule has 3 aromatic rings. The summed E-state index contributed by atoms with van der Waals surface area (Å²) < 4.78 is 10.7. The van der Waals surface area contributed by atoms with Crippen LogP contribution in [0.4, 0.5) is 5.82 Å². The van der Waals surface area contributed by atoms with Gasteiger partial charge >= 0.3 is 0 Å². The van der Waals surface area contributed by atoms with Crippen molar-refractivity contribution in [1.82, 2.24) is 15.3 Å². The summed E-state index contributed by atoms with van der Waals surface area (Å²) in [6, 6.07) is 16.4. The van der Waals surface area contributed by atoms with Crippen molar-refractivity contribution in [2.75, 3.05) is 30.5 Å². The molecule has 5 rings (SSSR count). The highest BCUT2D eigenvalue weighted by Crippen LogP contribution is 2.33. The van der Waals surface area contributed by atoms with Crippen molar-refractivity contribution < 1.29 is 14.3 Å². The number of nitrogens with zero attached hydrogens (tertiary/aromatic N) is 3. The van der Waals surface area contributed by atoms with Gasteiger partial charge < -0.3 is 19.7 Å². The first kappa shape index (κ1) is 22.5. The lowest BCUT2D eigenvalue weighted by molar-refractivity contribution is -0.118. The predicted octanol–water partition coefficient (Wildman–Crippen LogP) is 4.07. The fourth-order valence-electron chi connectivity index (χ4n) is 4.37. The van der Waals surface area contributed by atoms with Crippen LogP contribution in [0, 0.1) is 5.92 Å². The number of hydrogen-bond donors (Lipinski definition) is 1. The van der Waals surface area contributed by atoms with Crippen molar-refractivity contribution in [2.24, 2.45) is 5.92 Å². The predicted molar refractivity (Wildman–Crippen MR) is 132 cm³/mol. The molecule has 0 radical (unpaired) electrons. The topological polar surface area (TPSA) is 76.6 Å². The molecule has 176 valence electrons. The summed E-state index contributed by atoms with van der Waals surface area (Å²) in [6.45, 7) is 2.60. The number of ether oxygens (including phenoxy) is 2. The van der Waals surface area contributed by atoms with E-state index in [-0.39, 0.29) is 12.7 Å². The monoisotopic (exact) mass is 476 g/mol. The van der Waals surface area contributed by atoms with Gasteiger partial charge in [0, 0.05) is 32.0 Å². The van der Waals surface area contributed by atoms with E-state index in [1.54, 1.807) is 12.4 Å². The smallest absolute Gasteiger partial charge is 0.231 e. The molecule has 0 spiro atoms. The van der Waals surface area contributed by atoms with Crippen LogP contribution >= 0.6 is 11.8 Å². The van der Waals surface area contributed by atoms with Gasteiger partial charge in [-0.25, -0.2) is 9.97 Å². The Bertz CT molecular complexity index is 1120. The number of aromatic nitrogens is 2. The first-order valence-electron chi connectivity index (χ1n) is 11.6. The molecule has 3 heterocycles. The Labute approximate surface area is 203 Å². The van der Waals surface area contributed by atoms with Crippen molar-refractivity contribution in [3.05, 3.63) is 72.1 Å². The fraction of sp³-hybridized carbons (Fsp3) is 0.346. The van der Waals surface area contributed by atoms with E-state index in [0.717, 1.165) is 60.3 Å². The van der Waals surface area contributed by atoms with Crippen LogP contribution in [-0.4, -0.2) is 41.5 Å². The molecule has 1 aromatic heterocycles. The Morgan fingerprint density at radius 3 is 2.65 bits per heavy atom. The average Bonchev–Trinajstić information content (AvgIpc) is 3.36. The van der Waals surface area contributed by atoms with Crippen LogP contribution in [0.3, 0.4) is 0 Å². The molecule has 2 aliphatic rings. The van der Waals surface area contributed by atoms with E-state index in [0.29, 0.717) is 18.2 Å². The van der Waals surface area contributed by atoms with E-state index in [4.69, 9.17) is 9.47 Å². The highest BCUT2D eigenvalue weighted by Gasteiger charge is 2.23. The summed E-state index contributed by atoms with van der Waals surface area (Å²) in [5, 5.41) is 3.78. The van der Waals surface area contributed by atoms with E-state index in [9.17, 15) is 4.79 Å². The number of amides is 1. The van der Waals surface area contributed by atoms with Gasteiger partial charge in [0.25, 0.3) is 0 Å². The van der Waals surface area contributed by atoms with Crippen LogP contribution in [0.2, 0.25) is 0 Å². The van der Waals surface area contributed by atoms with Crippen LogP contribution in [0.15, 0.2) is 66.0 Å². The molecule has 0 aliphatic carbocycles. The van der Waals surface area contributed by atoms with Gasteiger partial charge in [0.2, 0.25) is 12.7 Å². The molecular formula is C26H28N4O3S. The second-order valence-corrected chi connectivity index (χ2v) is 9.52. The number of fused-ring (bicyclic) bond motifs is 1. The molecule has 7 nitrogen and oxygen atoms in total. The average molecular weight is 477 g/mol. The van der Waals surface area contributed by atoms with Crippen molar-refractivity contribution >= 4 is 23.5 Å². The molecule has 1 N–H and O–H groups in total. The first-order chi connectivity index (χ1) is 16.7. The first-order valence-corrected chi connectivity index (χ1v) is 12.6. The molecule has 0 unspecified atom stereocenters. The molecule has 0 saturated carbocycles. The molecular weight excluding hydrogens is 448 g/mol. The zero-order chi connectivity index (χ0) is 23.2. The number of benzene rings is 2. The van der Waals surface area contributed by atoms with Gasteiger partial charge in [-0.15, -0.1) is 0 Å². The number of carbonyl (C=O) groups is 1. The summed E-state index contributed by atoms with van der Waals surface area (Å²) in [6.07, 6.45) is 6.81. The molecule has 1 amide bonds.